The van der Waals surface area contributed by atoms with Crippen LogP contribution in [-0.2, 0) is 28.9 Å². The van der Waals surface area contributed by atoms with E-state index in [4.69, 9.17) is 9.97 Å². The van der Waals surface area contributed by atoms with Gasteiger partial charge in [0.1, 0.15) is 10.1 Å². The van der Waals surface area contributed by atoms with Crippen molar-refractivity contribution in [1.29, 1.82) is 0 Å². The first-order valence-corrected chi connectivity index (χ1v) is 16.2. The number of amides is 3. The first-order valence-electron chi connectivity index (χ1n) is 13.2. The van der Waals surface area contributed by atoms with E-state index < -0.39 is 0 Å². The van der Waals surface area contributed by atoms with Gasteiger partial charge in [0.2, 0.25) is 17.7 Å². The van der Waals surface area contributed by atoms with Gasteiger partial charge >= 0.3 is 0 Å². The van der Waals surface area contributed by atoms with Gasteiger partial charge in [-0.2, -0.15) is 0 Å². The Morgan fingerprint density at radius 2 is 0.949 bits per heavy atom. The highest BCUT2D eigenvalue weighted by molar-refractivity contribution is 8.00. The summed E-state index contributed by atoms with van der Waals surface area (Å²) >= 11 is 5.07. The lowest BCUT2D eigenvalue weighted by Gasteiger charge is -2.08. The molecule has 0 bridgehead atoms. The molecule has 0 aliphatic rings. The highest BCUT2D eigenvalue weighted by atomic mass is 32.2. The van der Waals surface area contributed by atoms with E-state index >= 15 is 0 Å². The SMILES string of the molecule is CONC(=O)CCCCCSc1cc(SCCCCCC(=O)NOC)nc(SCCCCCC(=O)NOC)n1. The van der Waals surface area contributed by atoms with E-state index in [0.29, 0.717) is 19.3 Å². The number of unbranched alkanes of at least 4 members (excludes halogenated alkanes) is 6. The molecule has 3 amide bonds. The van der Waals surface area contributed by atoms with Gasteiger partial charge in [0, 0.05) is 31.1 Å². The summed E-state index contributed by atoms with van der Waals surface area (Å²) in [5.41, 5.74) is 7.01. The Kier molecular flexibility index (Phi) is 22.0. The Balaban J connectivity index is 2.49. The van der Waals surface area contributed by atoms with Crippen molar-refractivity contribution in [2.45, 2.75) is 92.3 Å². The molecule has 222 valence electrons. The number of nitrogens with zero attached hydrogens (tertiary/aromatic N) is 2. The van der Waals surface area contributed by atoms with Crippen molar-refractivity contribution in [1.82, 2.24) is 26.4 Å². The van der Waals surface area contributed by atoms with Gasteiger partial charge in [0.05, 0.1) is 21.3 Å². The van der Waals surface area contributed by atoms with Gasteiger partial charge in [-0.1, -0.05) is 31.0 Å². The van der Waals surface area contributed by atoms with E-state index in [9.17, 15) is 14.4 Å². The van der Waals surface area contributed by atoms with Crippen LogP contribution in [-0.4, -0.2) is 66.3 Å². The lowest BCUT2D eigenvalue weighted by Crippen LogP contribution is -2.21. The molecule has 0 saturated carbocycles. The summed E-state index contributed by atoms with van der Waals surface area (Å²) in [4.78, 5) is 57.8. The zero-order chi connectivity index (χ0) is 28.6. The summed E-state index contributed by atoms with van der Waals surface area (Å²) < 4.78 is 0. The number of carbonyl (C=O) groups excluding carboxylic acids is 3. The molecule has 1 aromatic rings. The minimum absolute atomic E-state index is 0.0965. The van der Waals surface area contributed by atoms with Crippen molar-refractivity contribution < 1.29 is 28.9 Å². The topological polar surface area (TPSA) is 141 Å². The monoisotopic (exact) mass is 605 g/mol. The molecule has 0 radical (unpaired) electrons. The maximum absolute atomic E-state index is 11.5. The van der Waals surface area contributed by atoms with E-state index in [-0.39, 0.29) is 17.7 Å². The molecule has 1 rings (SSSR count). The molecule has 0 aliphatic carbocycles. The van der Waals surface area contributed by atoms with Crippen LogP contribution in [0.25, 0.3) is 0 Å². The fraction of sp³-hybridized carbons (Fsp3) is 0.720. The third kappa shape index (κ3) is 20.0. The summed E-state index contributed by atoms with van der Waals surface area (Å²) in [6.45, 7) is 0. The number of thioether (sulfide) groups is 3. The molecule has 3 N–H and O–H groups in total. The molecule has 39 heavy (non-hydrogen) atoms. The highest BCUT2D eigenvalue weighted by Crippen LogP contribution is 2.28. The Labute approximate surface area is 244 Å². The standard InChI is InChI=1S/C25H43N5O6S3/c1-34-28-20(31)13-7-4-10-16-37-23-19-24(38-17-11-5-8-14-21(32)29-35-2)27-25(26-23)39-18-12-6-9-15-22(33)30-36-3/h19H,4-18H2,1-3H3,(H,28,31)(H,29,32)(H,30,33). The van der Waals surface area contributed by atoms with Crippen LogP contribution in [0.15, 0.2) is 21.3 Å². The van der Waals surface area contributed by atoms with Crippen LogP contribution in [0.2, 0.25) is 0 Å². The summed E-state index contributed by atoms with van der Waals surface area (Å²) in [5.74, 6) is 2.43. The van der Waals surface area contributed by atoms with Crippen molar-refractivity contribution in [3.05, 3.63) is 6.07 Å². The van der Waals surface area contributed by atoms with Crippen molar-refractivity contribution in [3.8, 4) is 0 Å². The van der Waals surface area contributed by atoms with Crippen LogP contribution in [0.4, 0.5) is 0 Å². The smallest absolute Gasteiger partial charge is 0.243 e. The van der Waals surface area contributed by atoms with Crippen LogP contribution >= 0.6 is 35.3 Å². The van der Waals surface area contributed by atoms with Crippen molar-refractivity contribution in [3.63, 3.8) is 0 Å². The quantitative estimate of drug-likeness (QED) is 0.0505. The summed E-state index contributed by atoms with van der Waals surface area (Å²) in [5, 5.41) is 2.69. The van der Waals surface area contributed by atoms with Crippen LogP contribution in [0.1, 0.15) is 77.0 Å². The molecule has 0 atom stereocenters. The largest absolute Gasteiger partial charge is 0.277 e. The fourth-order valence-corrected chi connectivity index (χ4v) is 6.16. The minimum atomic E-state index is -0.101. The molecule has 1 heterocycles. The number of rotatable bonds is 24. The van der Waals surface area contributed by atoms with Gasteiger partial charge in [-0.05, 0) is 50.0 Å². The number of hydrogen-bond donors (Lipinski definition) is 3. The lowest BCUT2D eigenvalue weighted by molar-refractivity contribution is -0.132. The first kappa shape index (κ1) is 35.4. The second-order valence-corrected chi connectivity index (χ2v) is 11.8. The van der Waals surface area contributed by atoms with Crippen molar-refractivity contribution in [2.75, 3.05) is 38.6 Å². The van der Waals surface area contributed by atoms with Crippen molar-refractivity contribution in [2.24, 2.45) is 0 Å². The maximum atomic E-state index is 11.5. The number of carbonyl (C=O) groups is 3. The number of hydrogen-bond acceptors (Lipinski definition) is 11. The molecule has 0 aliphatic heterocycles. The number of aromatic nitrogens is 2. The summed E-state index contributed by atoms with van der Waals surface area (Å²) in [6.07, 6.45) is 9.66. The van der Waals surface area contributed by atoms with Crippen LogP contribution < -0.4 is 16.4 Å². The zero-order valence-corrected chi connectivity index (χ0v) is 25.7. The third-order valence-corrected chi connectivity index (χ3v) is 8.11. The van der Waals surface area contributed by atoms with Crippen LogP contribution in [0.3, 0.4) is 0 Å². The van der Waals surface area contributed by atoms with Crippen LogP contribution in [0, 0.1) is 0 Å². The number of hydroxylamine groups is 3. The van der Waals surface area contributed by atoms with Crippen LogP contribution in [0.5, 0.6) is 0 Å². The Morgan fingerprint density at radius 3 is 1.31 bits per heavy atom. The second kappa shape index (κ2) is 24.2. The molecular weight excluding hydrogens is 563 g/mol. The first-order chi connectivity index (χ1) is 19.0. The molecular formula is C25H43N5O6S3. The van der Waals surface area contributed by atoms with Gasteiger partial charge in [-0.3, -0.25) is 28.9 Å². The maximum Gasteiger partial charge on any atom is 0.243 e. The molecule has 0 saturated heterocycles. The zero-order valence-electron chi connectivity index (χ0n) is 23.3. The third-order valence-electron chi connectivity index (χ3n) is 5.18. The normalized spacial score (nSPS) is 10.8. The Bertz CT molecular complexity index is 720. The van der Waals surface area contributed by atoms with E-state index in [1.54, 1.807) is 35.3 Å². The Hall–Kier alpha value is -1.58. The average molecular weight is 606 g/mol. The number of nitrogens with one attached hydrogen (secondary N) is 3. The van der Waals surface area contributed by atoms with Gasteiger partial charge in [-0.15, -0.1) is 23.5 Å². The molecule has 0 aromatic carbocycles. The molecule has 14 heteroatoms. The average Bonchev–Trinajstić information content (AvgIpc) is 2.90. The van der Waals surface area contributed by atoms with E-state index in [0.717, 1.165) is 90.3 Å². The fourth-order valence-electron chi connectivity index (χ4n) is 3.30. The van der Waals surface area contributed by atoms with Gasteiger partial charge in [0.15, 0.2) is 5.16 Å². The Morgan fingerprint density at radius 1 is 0.590 bits per heavy atom. The molecule has 1 aromatic heterocycles. The van der Waals surface area contributed by atoms with E-state index in [1.807, 2.05) is 6.07 Å². The van der Waals surface area contributed by atoms with E-state index in [2.05, 4.69) is 31.0 Å². The molecule has 0 spiro atoms. The second-order valence-electron chi connectivity index (χ2n) is 8.49. The van der Waals surface area contributed by atoms with Crippen molar-refractivity contribution >= 4 is 53.0 Å². The van der Waals surface area contributed by atoms with Gasteiger partial charge in [-0.25, -0.2) is 26.4 Å². The van der Waals surface area contributed by atoms with E-state index in [1.165, 1.54) is 21.3 Å². The predicted molar refractivity (Wildman–Crippen MR) is 155 cm³/mol. The van der Waals surface area contributed by atoms with Gasteiger partial charge < -0.3 is 0 Å². The lowest BCUT2D eigenvalue weighted by atomic mass is 10.2. The minimum Gasteiger partial charge on any atom is -0.277 e. The summed E-state index contributed by atoms with van der Waals surface area (Å²) in [7, 11) is 4.30. The molecule has 0 unspecified atom stereocenters. The highest BCUT2D eigenvalue weighted by Gasteiger charge is 2.09. The summed E-state index contributed by atoms with van der Waals surface area (Å²) in [6, 6.07) is 2.05. The molecule has 0 fully saturated rings. The molecule has 11 nitrogen and oxygen atoms in total. The van der Waals surface area contributed by atoms with Gasteiger partial charge in [0.25, 0.3) is 0 Å². The predicted octanol–water partition coefficient (Wildman–Crippen LogP) is 4.47.